The normalized spacial score (nSPS) is 23.5. The maximum Gasteiger partial charge on any atom is 0.407 e. The van der Waals surface area contributed by atoms with E-state index < -0.39 is 11.7 Å². The standard InChI is InChI=1S/C22H28N2O5/c1-12-11-28-17-9-14(8-16(27-5)18(12)17)20(25)24-10-13-6-7-15(24)19(13)23-21(26)29-22(2,3)4/h8-9,11,13,15,19H,6-7,10H2,1-5H3,(H,23,26)/t13?,15?,19-/m1/s1. The molecule has 2 heterocycles. The van der Waals surface area contributed by atoms with Gasteiger partial charge >= 0.3 is 6.09 Å². The number of ether oxygens (including phenoxy) is 2. The van der Waals surface area contributed by atoms with Crippen LogP contribution < -0.4 is 10.1 Å². The number of likely N-dealkylation sites (tertiary alicyclic amines) is 1. The van der Waals surface area contributed by atoms with Gasteiger partial charge in [-0.3, -0.25) is 4.79 Å². The van der Waals surface area contributed by atoms with Crippen LogP contribution in [0.15, 0.2) is 22.8 Å². The Kier molecular flexibility index (Phi) is 4.71. The van der Waals surface area contributed by atoms with Gasteiger partial charge in [0, 0.05) is 12.1 Å². The van der Waals surface area contributed by atoms with E-state index in [1.165, 1.54) is 0 Å². The van der Waals surface area contributed by atoms with E-state index in [0.29, 0.717) is 23.4 Å². The van der Waals surface area contributed by atoms with Crippen LogP contribution in [-0.4, -0.2) is 48.2 Å². The fraction of sp³-hybridized carbons (Fsp3) is 0.545. The number of hydrogen-bond donors (Lipinski definition) is 1. The summed E-state index contributed by atoms with van der Waals surface area (Å²) < 4.78 is 16.5. The molecule has 2 amide bonds. The van der Waals surface area contributed by atoms with Crippen LogP contribution in [0.4, 0.5) is 4.79 Å². The summed E-state index contributed by atoms with van der Waals surface area (Å²) >= 11 is 0. The van der Waals surface area contributed by atoms with Crippen molar-refractivity contribution in [3.8, 4) is 5.75 Å². The van der Waals surface area contributed by atoms with E-state index in [1.807, 2.05) is 32.6 Å². The van der Waals surface area contributed by atoms with Gasteiger partial charge in [-0.15, -0.1) is 0 Å². The molecule has 7 nitrogen and oxygen atoms in total. The molecule has 0 spiro atoms. The molecule has 29 heavy (non-hydrogen) atoms. The number of benzene rings is 1. The second-order valence-corrected chi connectivity index (χ2v) is 9.00. The minimum absolute atomic E-state index is 0.0277. The number of hydrogen-bond acceptors (Lipinski definition) is 5. The zero-order valence-electron chi connectivity index (χ0n) is 17.6. The van der Waals surface area contributed by atoms with Crippen molar-refractivity contribution in [2.75, 3.05) is 13.7 Å². The smallest absolute Gasteiger partial charge is 0.407 e. The summed E-state index contributed by atoms with van der Waals surface area (Å²) in [6.07, 6.45) is 3.10. The molecule has 7 heteroatoms. The number of carbonyl (C=O) groups is 2. The minimum atomic E-state index is -0.551. The lowest BCUT2D eigenvalue weighted by molar-refractivity contribution is 0.0485. The number of carbonyl (C=O) groups excluding carboxylic acids is 2. The van der Waals surface area contributed by atoms with Crippen LogP contribution in [0.25, 0.3) is 11.0 Å². The third kappa shape index (κ3) is 3.54. The third-order valence-corrected chi connectivity index (χ3v) is 5.82. The highest BCUT2D eigenvalue weighted by Crippen LogP contribution is 2.40. The second-order valence-electron chi connectivity index (χ2n) is 9.00. The number of amides is 2. The van der Waals surface area contributed by atoms with Crippen molar-refractivity contribution >= 4 is 23.0 Å². The number of fused-ring (bicyclic) bond motifs is 3. The molecule has 1 aliphatic carbocycles. The van der Waals surface area contributed by atoms with Crippen molar-refractivity contribution in [3.63, 3.8) is 0 Å². The van der Waals surface area contributed by atoms with Crippen LogP contribution in [-0.2, 0) is 4.74 Å². The van der Waals surface area contributed by atoms with Crippen LogP contribution in [0, 0.1) is 12.8 Å². The largest absolute Gasteiger partial charge is 0.496 e. The van der Waals surface area contributed by atoms with E-state index >= 15 is 0 Å². The molecule has 2 aromatic rings. The molecular formula is C22H28N2O5. The van der Waals surface area contributed by atoms with E-state index in [4.69, 9.17) is 13.9 Å². The van der Waals surface area contributed by atoms with Gasteiger partial charge in [-0.05, 0) is 64.2 Å². The Morgan fingerprint density at radius 2 is 2.00 bits per heavy atom. The molecule has 2 aliphatic rings. The summed E-state index contributed by atoms with van der Waals surface area (Å²) in [7, 11) is 1.59. The molecule has 2 unspecified atom stereocenters. The molecule has 2 bridgehead atoms. The van der Waals surface area contributed by atoms with Gasteiger partial charge in [0.25, 0.3) is 5.91 Å². The average Bonchev–Trinajstić information content (AvgIpc) is 3.32. The monoisotopic (exact) mass is 400 g/mol. The Bertz CT molecular complexity index is 958. The van der Waals surface area contributed by atoms with Crippen LogP contribution in [0.5, 0.6) is 5.75 Å². The molecule has 1 N–H and O–H groups in total. The van der Waals surface area contributed by atoms with E-state index in [2.05, 4.69) is 5.32 Å². The molecule has 1 saturated heterocycles. The zero-order valence-corrected chi connectivity index (χ0v) is 17.6. The Balaban J connectivity index is 1.55. The van der Waals surface area contributed by atoms with Crippen molar-refractivity contribution in [1.29, 1.82) is 0 Å². The maximum absolute atomic E-state index is 13.3. The molecule has 156 valence electrons. The zero-order chi connectivity index (χ0) is 20.9. The Hall–Kier alpha value is -2.70. The molecule has 0 radical (unpaired) electrons. The highest BCUT2D eigenvalue weighted by Gasteiger charge is 2.49. The van der Waals surface area contributed by atoms with Gasteiger partial charge in [-0.2, -0.15) is 0 Å². The van der Waals surface area contributed by atoms with Gasteiger partial charge in [0.05, 0.1) is 30.8 Å². The predicted molar refractivity (Wildman–Crippen MR) is 108 cm³/mol. The Morgan fingerprint density at radius 1 is 1.24 bits per heavy atom. The first kappa shape index (κ1) is 19.6. The molecule has 1 saturated carbocycles. The fourth-order valence-corrected chi connectivity index (χ4v) is 4.62. The number of piperidine rings is 1. The van der Waals surface area contributed by atoms with Gasteiger partial charge in [0.15, 0.2) is 0 Å². The van der Waals surface area contributed by atoms with Crippen molar-refractivity contribution < 1.29 is 23.5 Å². The van der Waals surface area contributed by atoms with Crippen molar-refractivity contribution in [2.24, 2.45) is 5.92 Å². The second kappa shape index (κ2) is 6.97. The Labute approximate surface area is 170 Å². The highest BCUT2D eigenvalue weighted by atomic mass is 16.6. The highest BCUT2D eigenvalue weighted by molar-refractivity contribution is 6.00. The van der Waals surface area contributed by atoms with Crippen molar-refractivity contribution in [1.82, 2.24) is 10.2 Å². The minimum Gasteiger partial charge on any atom is -0.496 e. The first-order valence-corrected chi connectivity index (χ1v) is 10.0. The predicted octanol–water partition coefficient (Wildman–Crippen LogP) is 3.88. The lowest BCUT2D eigenvalue weighted by Gasteiger charge is -2.28. The Morgan fingerprint density at radius 3 is 2.69 bits per heavy atom. The topological polar surface area (TPSA) is 81.0 Å². The van der Waals surface area contributed by atoms with Crippen LogP contribution in [0.1, 0.15) is 49.5 Å². The van der Waals surface area contributed by atoms with E-state index in [0.717, 1.165) is 23.8 Å². The van der Waals surface area contributed by atoms with Gasteiger partial charge < -0.3 is 24.1 Å². The number of nitrogens with zero attached hydrogens (tertiary/aromatic N) is 1. The number of aryl methyl sites for hydroxylation is 1. The molecule has 1 aromatic heterocycles. The fourth-order valence-electron chi connectivity index (χ4n) is 4.62. The van der Waals surface area contributed by atoms with Crippen LogP contribution in [0.3, 0.4) is 0 Å². The summed E-state index contributed by atoms with van der Waals surface area (Å²) in [6.45, 7) is 8.09. The summed E-state index contributed by atoms with van der Waals surface area (Å²) in [5.41, 5.74) is 1.59. The molecule has 2 fully saturated rings. The lowest BCUT2D eigenvalue weighted by Crippen LogP contribution is -2.46. The number of alkyl carbamates (subject to hydrolysis) is 1. The van der Waals surface area contributed by atoms with Crippen LogP contribution in [0.2, 0.25) is 0 Å². The third-order valence-electron chi connectivity index (χ3n) is 5.82. The maximum atomic E-state index is 13.3. The van der Waals surface area contributed by atoms with Crippen LogP contribution >= 0.6 is 0 Å². The number of furan rings is 1. The number of rotatable bonds is 3. The van der Waals surface area contributed by atoms with Crippen molar-refractivity contribution in [2.45, 2.75) is 58.2 Å². The van der Waals surface area contributed by atoms with E-state index in [-0.39, 0.29) is 23.9 Å². The average molecular weight is 400 g/mol. The lowest BCUT2D eigenvalue weighted by atomic mass is 10.1. The first-order valence-electron chi connectivity index (χ1n) is 10.0. The number of nitrogens with one attached hydrogen (secondary N) is 1. The SMILES string of the molecule is COc1cc(C(=O)N2CC3CCC2[C@@H]3NC(=O)OC(C)(C)C)cc2occ(C)c12. The summed E-state index contributed by atoms with van der Waals surface area (Å²) in [5, 5.41) is 3.88. The quantitative estimate of drug-likeness (QED) is 0.846. The van der Waals surface area contributed by atoms with Gasteiger partial charge in [-0.1, -0.05) is 0 Å². The molecule has 1 aromatic carbocycles. The van der Waals surface area contributed by atoms with E-state index in [9.17, 15) is 9.59 Å². The van der Waals surface area contributed by atoms with Gasteiger partial charge in [-0.25, -0.2) is 4.79 Å². The van der Waals surface area contributed by atoms with Gasteiger partial charge in [0.2, 0.25) is 0 Å². The number of methoxy groups -OCH3 is 1. The molecule has 3 atom stereocenters. The first-order chi connectivity index (χ1) is 13.7. The van der Waals surface area contributed by atoms with Crippen molar-refractivity contribution in [3.05, 3.63) is 29.5 Å². The summed E-state index contributed by atoms with van der Waals surface area (Å²) in [4.78, 5) is 27.4. The molecule has 1 aliphatic heterocycles. The molecular weight excluding hydrogens is 372 g/mol. The summed E-state index contributed by atoms with van der Waals surface area (Å²) in [6, 6.07) is 3.44. The summed E-state index contributed by atoms with van der Waals surface area (Å²) in [5.74, 6) is 0.806. The van der Waals surface area contributed by atoms with Gasteiger partial charge in [0.1, 0.15) is 16.9 Å². The molecule has 4 rings (SSSR count). The van der Waals surface area contributed by atoms with E-state index in [1.54, 1.807) is 25.5 Å².